The number of pyridine rings is 1. The van der Waals surface area contributed by atoms with E-state index in [2.05, 4.69) is 41.7 Å². The van der Waals surface area contributed by atoms with Crippen LogP contribution >= 0.6 is 0 Å². The smallest absolute Gasteiger partial charge is 0.252 e. The van der Waals surface area contributed by atoms with Gasteiger partial charge in [-0.25, -0.2) is 4.98 Å². The minimum absolute atomic E-state index is 0.0262. The van der Waals surface area contributed by atoms with Crippen LogP contribution in [0.3, 0.4) is 0 Å². The van der Waals surface area contributed by atoms with Crippen LogP contribution in [0.25, 0.3) is 28.2 Å². The van der Waals surface area contributed by atoms with Gasteiger partial charge in [0.2, 0.25) is 0 Å². The molecule has 0 radical (unpaired) electrons. The van der Waals surface area contributed by atoms with Gasteiger partial charge in [0.05, 0.1) is 17.0 Å². The Kier molecular flexibility index (Phi) is 4.40. The van der Waals surface area contributed by atoms with Crippen LogP contribution in [-0.4, -0.2) is 21.3 Å². The standard InChI is InChI=1S/C27H26N4O/c28-27(15-4-16-27)21-10-7-18(8-11-21)24-25(19-5-2-1-3-6-19)31-17-20(9-14-23(31)30-24)26(32)29-22-12-13-22/h1-3,5-11,14,17,22H,4,12-13,15-16,28H2,(H,29,32). The number of amides is 1. The lowest BCUT2D eigenvalue weighted by molar-refractivity contribution is 0.0950. The number of fused-ring (bicyclic) bond motifs is 1. The van der Waals surface area contributed by atoms with Gasteiger partial charge >= 0.3 is 0 Å². The summed E-state index contributed by atoms with van der Waals surface area (Å²) in [7, 11) is 0. The van der Waals surface area contributed by atoms with Crippen LogP contribution in [0.5, 0.6) is 0 Å². The minimum atomic E-state index is -0.177. The fourth-order valence-corrected chi connectivity index (χ4v) is 4.55. The second kappa shape index (κ2) is 7.31. The highest BCUT2D eigenvalue weighted by Crippen LogP contribution is 2.40. The first-order valence-electron chi connectivity index (χ1n) is 11.4. The van der Waals surface area contributed by atoms with Crippen molar-refractivity contribution in [1.29, 1.82) is 0 Å². The van der Waals surface area contributed by atoms with Crippen molar-refractivity contribution in [3.63, 3.8) is 0 Å². The molecule has 2 aliphatic carbocycles. The van der Waals surface area contributed by atoms with E-state index >= 15 is 0 Å². The van der Waals surface area contributed by atoms with Crippen LogP contribution in [0.15, 0.2) is 72.9 Å². The molecule has 5 heteroatoms. The maximum Gasteiger partial charge on any atom is 0.252 e. The summed E-state index contributed by atoms with van der Waals surface area (Å²) >= 11 is 0. The van der Waals surface area contributed by atoms with E-state index in [1.807, 2.05) is 40.9 Å². The molecular formula is C27H26N4O. The molecule has 5 nitrogen and oxygen atoms in total. The molecule has 0 aliphatic heterocycles. The van der Waals surface area contributed by atoms with Gasteiger partial charge in [0.1, 0.15) is 5.65 Å². The Hall–Kier alpha value is -3.44. The molecule has 1 amide bonds. The second-order valence-corrected chi connectivity index (χ2v) is 9.16. The number of carbonyl (C=O) groups is 1. The second-order valence-electron chi connectivity index (χ2n) is 9.16. The summed E-state index contributed by atoms with van der Waals surface area (Å²) in [6, 6.07) is 22.9. The van der Waals surface area contributed by atoms with Crippen molar-refractivity contribution < 1.29 is 4.79 Å². The summed E-state index contributed by atoms with van der Waals surface area (Å²) in [6.07, 6.45) is 7.32. The van der Waals surface area contributed by atoms with E-state index in [4.69, 9.17) is 10.7 Å². The molecule has 160 valence electrons. The first kappa shape index (κ1) is 19.3. The van der Waals surface area contributed by atoms with Gasteiger partial charge in [-0.2, -0.15) is 0 Å². The van der Waals surface area contributed by atoms with Crippen molar-refractivity contribution in [2.75, 3.05) is 0 Å². The fourth-order valence-electron chi connectivity index (χ4n) is 4.55. The van der Waals surface area contributed by atoms with Crippen LogP contribution < -0.4 is 11.1 Å². The van der Waals surface area contributed by atoms with E-state index < -0.39 is 0 Å². The number of imidazole rings is 1. The molecule has 2 heterocycles. The van der Waals surface area contributed by atoms with E-state index in [-0.39, 0.29) is 11.4 Å². The van der Waals surface area contributed by atoms with Crippen molar-refractivity contribution in [2.24, 2.45) is 5.73 Å². The van der Waals surface area contributed by atoms with E-state index in [1.54, 1.807) is 0 Å². The monoisotopic (exact) mass is 422 g/mol. The van der Waals surface area contributed by atoms with Gasteiger partial charge in [-0.15, -0.1) is 0 Å². The Bertz CT molecular complexity index is 1300. The van der Waals surface area contributed by atoms with Gasteiger partial charge < -0.3 is 11.1 Å². The van der Waals surface area contributed by atoms with Crippen LogP contribution in [0.1, 0.15) is 48.0 Å². The summed E-state index contributed by atoms with van der Waals surface area (Å²) in [6.45, 7) is 0. The highest BCUT2D eigenvalue weighted by molar-refractivity contribution is 5.95. The van der Waals surface area contributed by atoms with Crippen LogP contribution in [0, 0.1) is 0 Å². The van der Waals surface area contributed by atoms with Gasteiger partial charge in [0, 0.05) is 28.9 Å². The molecular weight excluding hydrogens is 396 g/mol. The molecule has 6 rings (SSSR count). The molecule has 32 heavy (non-hydrogen) atoms. The third-order valence-corrected chi connectivity index (χ3v) is 6.82. The largest absolute Gasteiger partial charge is 0.349 e. The SMILES string of the molecule is NC1(c2ccc(-c3nc4ccc(C(=O)NC5CC5)cn4c3-c3ccccc3)cc2)CCC1. The maximum atomic E-state index is 12.7. The molecule has 0 bridgehead atoms. The first-order valence-corrected chi connectivity index (χ1v) is 11.4. The van der Waals surface area contributed by atoms with Crippen LogP contribution in [-0.2, 0) is 5.54 Å². The highest BCUT2D eigenvalue weighted by Gasteiger charge is 2.34. The molecule has 0 spiro atoms. The number of benzene rings is 2. The van der Waals surface area contributed by atoms with Crippen molar-refractivity contribution >= 4 is 11.6 Å². The number of hydrogen-bond acceptors (Lipinski definition) is 3. The summed E-state index contributed by atoms with van der Waals surface area (Å²) in [5.41, 5.74) is 13.0. The first-order chi connectivity index (χ1) is 15.6. The topological polar surface area (TPSA) is 72.4 Å². The molecule has 4 aromatic rings. The maximum absolute atomic E-state index is 12.7. The predicted molar refractivity (Wildman–Crippen MR) is 126 cm³/mol. The summed E-state index contributed by atoms with van der Waals surface area (Å²) in [4.78, 5) is 17.6. The van der Waals surface area contributed by atoms with Gasteiger partial charge in [-0.3, -0.25) is 9.20 Å². The van der Waals surface area contributed by atoms with E-state index in [1.165, 1.54) is 12.0 Å². The zero-order chi connectivity index (χ0) is 21.7. The highest BCUT2D eigenvalue weighted by atomic mass is 16.1. The summed E-state index contributed by atoms with van der Waals surface area (Å²) in [5, 5.41) is 3.08. The lowest BCUT2D eigenvalue weighted by atomic mass is 9.72. The molecule has 0 saturated heterocycles. The number of carbonyl (C=O) groups excluding carboxylic acids is 1. The van der Waals surface area contributed by atoms with E-state index in [0.29, 0.717) is 11.6 Å². The quantitative estimate of drug-likeness (QED) is 0.481. The summed E-state index contributed by atoms with van der Waals surface area (Å²) in [5.74, 6) is -0.0262. The normalized spacial score (nSPS) is 17.2. The molecule has 0 atom stereocenters. The number of nitrogens with zero attached hydrogens (tertiary/aromatic N) is 2. The number of nitrogens with one attached hydrogen (secondary N) is 1. The van der Waals surface area contributed by atoms with E-state index in [9.17, 15) is 4.79 Å². The van der Waals surface area contributed by atoms with Crippen LogP contribution in [0.4, 0.5) is 0 Å². The molecule has 2 fully saturated rings. The van der Waals surface area contributed by atoms with Crippen molar-refractivity contribution in [3.05, 3.63) is 84.1 Å². The van der Waals surface area contributed by atoms with Gasteiger partial charge in [0.15, 0.2) is 0 Å². The Labute approximate surface area is 187 Å². The molecule has 2 saturated carbocycles. The molecule has 3 N–H and O–H groups in total. The molecule has 2 aromatic heterocycles. The predicted octanol–water partition coefficient (Wildman–Crippen LogP) is 4.90. The number of hydrogen-bond donors (Lipinski definition) is 2. The zero-order valence-electron chi connectivity index (χ0n) is 17.9. The van der Waals surface area contributed by atoms with Crippen molar-refractivity contribution in [3.8, 4) is 22.5 Å². The lowest BCUT2D eigenvalue weighted by Gasteiger charge is -2.38. The zero-order valence-corrected chi connectivity index (χ0v) is 17.9. The Morgan fingerprint density at radius 2 is 1.72 bits per heavy atom. The van der Waals surface area contributed by atoms with Gasteiger partial charge in [-0.1, -0.05) is 54.6 Å². The molecule has 0 unspecified atom stereocenters. The molecule has 2 aromatic carbocycles. The van der Waals surface area contributed by atoms with Gasteiger partial charge in [-0.05, 0) is 49.8 Å². The average molecular weight is 423 g/mol. The Balaban J connectivity index is 1.47. The lowest BCUT2D eigenvalue weighted by Crippen LogP contribution is -2.43. The van der Waals surface area contributed by atoms with Crippen molar-refractivity contribution in [1.82, 2.24) is 14.7 Å². The number of aromatic nitrogens is 2. The van der Waals surface area contributed by atoms with Gasteiger partial charge in [0.25, 0.3) is 5.91 Å². The Morgan fingerprint density at radius 3 is 2.38 bits per heavy atom. The average Bonchev–Trinajstić information content (AvgIpc) is 3.54. The fraction of sp³-hybridized carbons (Fsp3) is 0.259. The van der Waals surface area contributed by atoms with Crippen molar-refractivity contribution in [2.45, 2.75) is 43.7 Å². The minimum Gasteiger partial charge on any atom is -0.349 e. The van der Waals surface area contributed by atoms with E-state index in [0.717, 1.165) is 53.8 Å². The summed E-state index contributed by atoms with van der Waals surface area (Å²) < 4.78 is 2.04. The number of nitrogens with two attached hydrogens (primary N) is 1. The Morgan fingerprint density at radius 1 is 0.969 bits per heavy atom. The van der Waals surface area contributed by atoms with Crippen LogP contribution in [0.2, 0.25) is 0 Å². The third-order valence-electron chi connectivity index (χ3n) is 6.82. The third kappa shape index (κ3) is 3.30. The number of rotatable bonds is 5. The molecule has 2 aliphatic rings.